The van der Waals surface area contributed by atoms with E-state index in [-0.39, 0.29) is 11.8 Å². The Hall–Kier alpha value is -2.62. The molecule has 1 amide bonds. The van der Waals surface area contributed by atoms with E-state index in [1.165, 1.54) is 16.7 Å². The van der Waals surface area contributed by atoms with E-state index >= 15 is 0 Å². The van der Waals surface area contributed by atoms with E-state index < -0.39 is 0 Å². The van der Waals surface area contributed by atoms with Crippen molar-refractivity contribution < 1.29 is 4.79 Å². The minimum atomic E-state index is 0.118. The van der Waals surface area contributed by atoms with Crippen LogP contribution in [0.4, 0.5) is 5.69 Å². The molecule has 1 atom stereocenters. The van der Waals surface area contributed by atoms with Gasteiger partial charge in [0.2, 0.25) is 5.91 Å². The van der Waals surface area contributed by atoms with Crippen LogP contribution in [-0.4, -0.2) is 22.0 Å². The maximum absolute atomic E-state index is 12.9. The van der Waals surface area contributed by atoms with E-state index in [1.807, 2.05) is 11.0 Å². The third-order valence-corrected chi connectivity index (χ3v) is 5.53. The molecule has 1 aromatic heterocycles. The minimum absolute atomic E-state index is 0.118. The van der Waals surface area contributed by atoms with Gasteiger partial charge in [0.25, 0.3) is 0 Å². The predicted octanol–water partition coefficient (Wildman–Crippen LogP) is 5.06. The lowest BCUT2D eigenvalue weighted by Crippen LogP contribution is -2.26. The van der Waals surface area contributed by atoms with Crippen LogP contribution >= 0.6 is 0 Å². The number of para-hydroxylation sites is 2. The second-order valence-electron chi connectivity index (χ2n) is 8.08. The van der Waals surface area contributed by atoms with E-state index in [4.69, 9.17) is 4.98 Å². The fourth-order valence-electron chi connectivity index (χ4n) is 4.59. The Morgan fingerprint density at radius 1 is 1.07 bits per heavy atom. The average molecular weight is 361 g/mol. The number of carbonyl (C=O) groups is 1. The van der Waals surface area contributed by atoms with Crippen molar-refractivity contribution in [3.05, 3.63) is 58.9 Å². The third kappa shape index (κ3) is 2.93. The van der Waals surface area contributed by atoms with Crippen molar-refractivity contribution in [2.75, 3.05) is 11.4 Å². The van der Waals surface area contributed by atoms with Gasteiger partial charge in [0.15, 0.2) is 0 Å². The van der Waals surface area contributed by atoms with E-state index in [0.29, 0.717) is 19.0 Å². The Kier molecular flexibility index (Phi) is 4.29. The summed E-state index contributed by atoms with van der Waals surface area (Å²) in [5.74, 6) is 1.34. The normalized spacial score (nSPS) is 17.5. The van der Waals surface area contributed by atoms with Crippen molar-refractivity contribution in [1.82, 2.24) is 9.55 Å². The van der Waals surface area contributed by atoms with Crippen LogP contribution in [0, 0.1) is 20.8 Å². The van der Waals surface area contributed by atoms with Gasteiger partial charge in [-0.05, 0) is 57.9 Å². The lowest BCUT2D eigenvalue weighted by molar-refractivity contribution is -0.117. The monoisotopic (exact) mass is 361 g/mol. The van der Waals surface area contributed by atoms with Crippen molar-refractivity contribution in [1.29, 1.82) is 0 Å². The number of hydrogen-bond donors (Lipinski definition) is 0. The first-order chi connectivity index (χ1) is 12.9. The van der Waals surface area contributed by atoms with Crippen molar-refractivity contribution in [3.63, 3.8) is 0 Å². The van der Waals surface area contributed by atoms with Crippen molar-refractivity contribution in [3.8, 4) is 0 Å². The molecule has 2 heterocycles. The summed E-state index contributed by atoms with van der Waals surface area (Å²) in [5.41, 5.74) is 6.79. The second-order valence-corrected chi connectivity index (χ2v) is 8.08. The van der Waals surface area contributed by atoms with Gasteiger partial charge in [-0.15, -0.1) is 0 Å². The Morgan fingerprint density at radius 3 is 2.41 bits per heavy atom. The van der Waals surface area contributed by atoms with Crippen LogP contribution in [0.15, 0.2) is 36.4 Å². The maximum atomic E-state index is 12.9. The van der Waals surface area contributed by atoms with E-state index in [9.17, 15) is 4.79 Å². The van der Waals surface area contributed by atoms with Gasteiger partial charge in [-0.1, -0.05) is 29.8 Å². The SMILES string of the molecule is Cc1cc(C)c(N2C[C@H](c3nc4ccccc4n3C(C)C)CC2=O)c(C)c1. The van der Waals surface area contributed by atoms with E-state index in [2.05, 4.69) is 69.5 Å². The number of fused-ring (bicyclic) bond motifs is 1. The summed E-state index contributed by atoms with van der Waals surface area (Å²) >= 11 is 0. The third-order valence-electron chi connectivity index (χ3n) is 5.53. The van der Waals surface area contributed by atoms with Crippen LogP contribution in [0.2, 0.25) is 0 Å². The summed E-state index contributed by atoms with van der Waals surface area (Å²) < 4.78 is 2.30. The molecule has 4 nitrogen and oxygen atoms in total. The smallest absolute Gasteiger partial charge is 0.227 e. The maximum Gasteiger partial charge on any atom is 0.227 e. The van der Waals surface area contributed by atoms with Gasteiger partial charge in [0.05, 0.1) is 11.0 Å². The summed E-state index contributed by atoms with van der Waals surface area (Å²) in [4.78, 5) is 19.8. The number of imidazole rings is 1. The summed E-state index contributed by atoms with van der Waals surface area (Å²) in [6.07, 6.45) is 0.517. The van der Waals surface area contributed by atoms with E-state index in [1.54, 1.807) is 0 Å². The number of nitrogens with zero attached hydrogens (tertiary/aromatic N) is 3. The number of anilines is 1. The highest BCUT2D eigenvalue weighted by Crippen LogP contribution is 2.37. The molecule has 0 saturated carbocycles. The molecule has 1 aliphatic rings. The predicted molar refractivity (Wildman–Crippen MR) is 110 cm³/mol. The number of benzene rings is 2. The molecular weight excluding hydrogens is 334 g/mol. The summed E-state index contributed by atoms with van der Waals surface area (Å²) in [7, 11) is 0. The molecule has 0 unspecified atom stereocenters. The molecule has 0 spiro atoms. The van der Waals surface area contributed by atoms with Gasteiger partial charge in [0, 0.05) is 30.6 Å². The zero-order valence-corrected chi connectivity index (χ0v) is 16.8. The van der Waals surface area contributed by atoms with Crippen molar-refractivity contribution >= 4 is 22.6 Å². The van der Waals surface area contributed by atoms with E-state index in [0.717, 1.165) is 22.5 Å². The molecule has 2 aromatic carbocycles. The molecular formula is C23H27N3O. The largest absolute Gasteiger partial charge is 0.325 e. The van der Waals surface area contributed by atoms with Crippen LogP contribution in [0.5, 0.6) is 0 Å². The quantitative estimate of drug-likeness (QED) is 0.654. The Labute approximate surface area is 160 Å². The highest BCUT2D eigenvalue weighted by molar-refractivity contribution is 5.98. The Balaban J connectivity index is 1.76. The number of aryl methyl sites for hydroxylation is 3. The van der Waals surface area contributed by atoms with Crippen LogP contribution < -0.4 is 4.90 Å². The summed E-state index contributed by atoms with van der Waals surface area (Å²) in [5, 5.41) is 0. The molecule has 1 aliphatic heterocycles. The lowest BCUT2D eigenvalue weighted by Gasteiger charge is -2.22. The van der Waals surface area contributed by atoms with Gasteiger partial charge in [-0.25, -0.2) is 4.98 Å². The standard InChI is InChI=1S/C23H27N3O/c1-14(2)26-20-9-7-6-8-19(20)24-23(26)18-12-21(27)25(13-18)22-16(4)10-15(3)11-17(22)5/h6-11,14,18H,12-13H2,1-5H3/t18-/m1/s1. The molecule has 3 aromatic rings. The number of hydrogen-bond acceptors (Lipinski definition) is 2. The molecule has 0 bridgehead atoms. The second kappa shape index (κ2) is 6.52. The van der Waals surface area contributed by atoms with Gasteiger partial charge >= 0.3 is 0 Å². The first-order valence-corrected chi connectivity index (χ1v) is 9.72. The fourth-order valence-corrected chi connectivity index (χ4v) is 4.59. The lowest BCUT2D eigenvalue weighted by atomic mass is 10.0. The van der Waals surface area contributed by atoms with Crippen molar-refractivity contribution in [2.24, 2.45) is 0 Å². The number of aromatic nitrogens is 2. The molecule has 0 N–H and O–H groups in total. The van der Waals surface area contributed by atoms with Crippen LogP contribution in [0.1, 0.15) is 54.7 Å². The summed E-state index contributed by atoms with van der Waals surface area (Å²) in [6.45, 7) is 11.3. The zero-order valence-electron chi connectivity index (χ0n) is 16.8. The first kappa shape index (κ1) is 17.8. The van der Waals surface area contributed by atoms with Gasteiger partial charge in [-0.2, -0.15) is 0 Å². The molecule has 0 radical (unpaired) electrons. The van der Waals surface area contributed by atoms with Crippen LogP contribution in [0.25, 0.3) is 11.0 Å². The van der Waals surface area contributed by atoms with Crippen molar-refractivity contribution in [2.45, 2.75) is 53.0 Å². The molecule has 4 rings (SSSR count). The van der Waals surface area contributed by atoms with Gasteiger partial charge in [0.1, 0.15) is 5.82 Å². The minimum Gasteiger partial charge on any atom is -0.325 e. The fraction of sp³-hybridized carbons (Fsp3) is 0.391. The highest BCUT2D eigenvalue weighted by Gasteiger charge is 2.36. The molecule has 140 valence electrons. The number of amides is 1. The molecule has 4 heteroatoms. The summed E-state index contributed by atoms with van der Waals surface area (Å²) in [6, 6.07) is 12.9. The van der Waals surface area contributed by atoms with Crippen LogP contribution in [0.3, 0.4) is 0 Å². The molecule has 1 fully saturated rings. The molecule has 27 heavy (non-hydrogen) atoms. The zero-order chi connectivity index (χ0) is 19.3. The Morgan fingerprint density at radius 2 is 1.74 bits per heavy atom. The molecule has 0 aliphatic carbocycles. The first-order valence-electron chi connectivity index (χ1n) is 9.72. The molecule has 1 saturated heterocycles. The average Bonchev–Trinajstić information content (AvgIpc) is 3.15. The van der Waals surface area contributed by atoms with Crippen LogP contribution in [-0.2, 0) is 4.79 Å². The van der Waals surface area contributed by atoms with Gasteiger partial charge in [-0.3, -0.25) is 4.79 Å². The highest BCUT2D eigenvalue weighted by atomic mass is 16.2. The number of carbonyl (C=O) groups excluding carboxylic acids is 1. The Bertz CT molecular complexity index is 1010. The number of rotatable bonds is 3. The van der Waals surface area contributed by atoms with Gasteiger partial charge < -0.3 is 9.47 Å². The topological polar surface area (TPSA) is 38.1 Å².